The molecule has 1 amide bonds. The summed E-state index contributed by atoms with van der Waals surface area (Å²) in [6.45, 7) is 5.30. The van der Waals surface area contributed by atoms with Crippen LogP contribution in [0.3, 0.4) is 0 Å². The molecule has 0 saturated heterocycles. The van der Waals surface area contributed by atoms with Gasteiger partial charge < -0.3 is 25.0 Å². The first-order valence-electron chi connectivity index (χ1n) is 6.80. The highest BCUT2D eigenvalue weighted by Gasteiger charge is 2.17. The van der Waals surface area contributed by atoms with E-state index >= 15 is 0 Å². The van der Waals surface area contributed by atoms with Crippen molar-refractivity contribution in [3.8, 4) is 5.75 Å². The Hall–Kier alpha value is -2.77. The zero-order chi connectivity index (χ0) is 17.6. The summed E-state index contributed by atoms with van der Waals surface area (Å²) >= 11 is 0. The van der Waals surface area contributed by atoms with Gasteiger partial charge in [0, 0.05) is 0 Å². The highest BCUT2D eigenvalue weighted by molar-refractivity contribution is 5.95. The standard InChI is InChI=1S/C15H19NO7/c1-15(2,3)23-14(21)16-6-7-22-11-5-4-9(12(17)18)8-10(11)13(19)20/h4-5,8H,6-7H2,1-3H3,(H,16,21)(H,17,18)(H,19,20). The molecule has 0 atom stereocenters. The third kappa shape index (κ3) is 6.25. The van der Waals surface area contributed by atoms with E-state index in [-0.39, 0.29) is 30.0 Å². The molecule has 0 bridgehead atoms. The van der Waals surface area contributed by atoms with Crippen LogP contribution in [0.5, 0.6) is 5.75 Å². The Bertz CT molecular complexity index is 604. The third-order valence-corrected chi connectivity index (χ3v) is 2.48. The molecule has 3 N–H and O–H groups in total. The number of nitrogens with one attached hydrogen (secondary N) is 1. The van der Waals surface area contributed by atoms with E-state index in [1.807, 2.05) is 0 Å². The van der Waals surface area contributed by atoms with Crippen molar-refractivity contribution in [2.24, 2.45) is 0 Å². The molecule has 0 saturated carbocycles. The maximum atomic E-state index is 11.4. The van der Waals surface area contributed by atoms with Gasteiger partial charge >= 0.3 is 18.0 Å². The summed E-state index contributed by atoms with van der Waals surface area (Å²) in [6, 6.07) is 3.52. The zero-order valence-corrected chi connectivity index (χ0v) is 13.1. The molecule has 0 aliphatic heterocycles. The van der Waals surface area contributed by atoms with Crippen molar-refractivity contribution in [3.05, 3.63) is 29.3 Å². The van der Waals surface area contributed by atoms with Gasteiger partial charge in [0.05, 0.1) is 12.1 Å². The summed E-state index contributed by atoms with van der Waals surface area (Å²) in [5.41, 5.74) is -1.03. The van der Waals surface area contributed by atoms with Gasteiger partial charge in [-0.15, -0.1) is 0 Å². The topological polar surface area (TPSA) is 122 Å². The Balaban J connectivity index is 2.60. The molecule has 0 unspecified atom stereocenters. The lowest BCUT2D eigenvalue weighted by atomic mass is 10.1. The molecule has 0 heterocycles. The number of hydrogen-bond acceptors (Lipinski definition) is 5. The van der Waals surface area contributed by atoms with Crippen molar-refractivity contribution in [3.63, 3.8) is 0 Å². The van der Waals surface area contributed by atoms with E-state index in [0.29, 0.717) is 0 Å². The van der Waals surface area contributed by atoms with Gasteiger partial charge in [-0.05, 0) is 39.0 Å². The Kier molecular flexibility index (Phi) is 5.94. The van der Waals surface area contributed by atoms with Gasteiger partial charge in [0.15, 0.2) is 0 Å². The predicted octanol–water partition coefficient (Wildman–Crippen LogP) is 1.99. The van der Waals surface area contributed by atoms with Crippen LogP contribution in [0.25, 0.3) is 0 Å². The Morgan fingerprint density at radius 3 is 2.30 bits per heavy atom. The molecule has 0 aliphatic rings. The SMILES string of the molecule is CC(C)(C)OC(=O)NCCOc1ccc(C(=O)O)cc1C(=O)O. The number of carbonyl (C=O) groups excluding carboxylic acids is 1. The van der Waals surface area contributed by atoms with E-state index in [1.165, 1.54) is 12.1 Å². The third-order valence-electron chi connectivity index (χ3n) is 2.48. The van der Waals surface area contributed by atoms with Crippen LogP contribution in [0, 0.1) is 0 Å². The number of rotatable bonds is 6. The van der Waals surface area contributed by atoms with Crippen LogP contribution >= 0.6 is 0 Å². The molecule has 0 spiro atoms. The molecule has 1 aromatic carbocycles. The van der Waals surface area contributed by atoms with E-state index in [1.54, 1.807) is 20.8 Å². The van der Waals surface area contributed by atoms with Gasteiger partial charge in [-0.3, -0.25) is 0 Å². The first kappa shape index (κ1) is 18.3. The van der Waals surface area contributed by atoms with Crippen LogP contribution in [-0.2, 0) is 4.74 Å². The fourth-order valence-electron chi connectivity index (χ4n) is 1.58. The maximum Gasteiger partial charge on any atom is 0.407 e. The van der Waals surface area contributed by atoms with E-state index in [4.69, 9.17) is 19.7 Å². The number of alkyl carbamates (subject to hydrolysis) is 1. The van der Waals surface area contributed by atoms with Gasteiger partial charge in [-0.2, -0.15) is 0 Å². The molecule has 1 aromatic rings. The number of amides is 1. The first-order chi connectivity index (χ1) is 10.6. The average Bonchev–Trinajstić information content (AvgIpc) is 2.41. The summed E-state index contributed by atoms with van der Waals surface area (Å²) in [5, 5.41) is 20.4. The van der Waals surface area contributed by atoms with Crippen LogP contribution in [0.2, 0.25) is 0 Å². The minimum Gasteiger partial charge on any atom is -0.491 e. The minimum absolute atomic E-state index is 0.00589. The highest BCUT2D eigenvalue weighted by atomic mass is 16.6. The molecule has 8 nitrogen and oxygen atoms in total. The smallest absolute Gasteiger partial charge is 0.407 e. The van der Waals surface area contributed by atoms with Crippen molar-refractivity contribution in [2.75, 3.05) is 13.2 Å². The summed E-state index contributed by atoms with van der Waals surface area (Å²) < 4.78 is 10.3. The van der Waals surface area contributed by atoms with Crippen LogP contribution in [0.1, 0.15) is 41.5 Å². The minimum atomic E-state index is -1.30. The van der Waals surface area contributed by atoms with E-state index in [0.717, 1.165) is 6.07 Å². The Morgan fingerprint density at radius 1 is 1.13 bits per heavy atom. The number of carbonyl (C=O) groups is 3. The molecule has 8 heteroatoms. The van der Waals surface area contributed by atoms with Gasteiger partial charge in [-0.25, -0.2) is 14.4 Å². The Morgan fingerprint density at radius 2 is 1.78 bits per heavy atom. The van der Waals surface area contributed by atoms with Crippen LogP contribution in [0.4, 0.5) is 4.79 Å². The van der Waals surface area contributed by atoms with Crippen LogP contribution < -0.4 is 10.1 Å². The van der Waals surface area contributed by atoms with Crippen molar-refractivity contribution >= 4 is 18.0 Å². The van der Waals surface area contributed by atoms with Crippen molar-refractivity contribution < 1.29 is 34.1 Å². The van der Waals surface area contributed by atoms with Gasteiger partial charge in [0.1, 0.15) is 23.5 Å². The summed E-state index contributed by atoms with van der Waals surface area (Å²) in [5.74, 6) is -2.51. The second-order valence-corrected chi connectivity index (χ2v) is 5.60. The van der Waals surface area contributed by atoms with Gasteiger partial charge in [-0.1, -0.05) is 0 Å². The van der Waals surface area contributed by atoms with Crippen molar-refractivity contribution in [1.29, 1.82) is 0 Å². The highest BCUT2D eigenvalue weighted by Crippen LogP contribution is 2.20. The molecule has 0 radical (unpaired) electrons. The lowest BCUT2D eigenvalue weighted by molar-refractivity contribution is 0.0517. The molecule has 1 rings (SSSR count). The Labute approximate surface area is 133 Å². The van der Waals surface area contributed by atoms with Crippen LogP contribution in [-0.4, -0.2) is 47.0 Å². The largest absolute Gasteiger partial charge is 0.491 e. The molecular weight excluding hydrogens is 306 g/mol. The number of carboxylic acids is 2. The zero-order valence-electron chi connectivity index (χ0n) is 13.1. The second kappa shape index (κ2) is 7.48. The number of aromatic carboxylic acids is 2. The average molecular weight is 325 g/mol. The lowest BCUT2D eigenvalue weighted by Crippen LogP contribution is -2.34. The molecule has 0 fully saturated rings. The van der Waals surface area contributed by atoms with Crippen molar-refractivity contribution in [2.45, 2.75) is 26.4 Å². The van der Waals surface area contributed by atoms with Crippen molar-refractivity contribution in [1.82, 2.24) is 5.32 Å². The molecule has 126 valence electrons. The fourth-order valence-corrected chi connectivity index (χ4v) is 1.58. The normalized spacial score (nSPS) is 10.7. The number of hydrogen-bond donors (Lipinski definition) is 3. The maximum absolute atomic E-state index is 11.4. The monoisotopic (exact) mass is 325 g/mol. The molecular formula is C15H19NO7. The molecule has 0 aliphatic carbocycles. The first-order valence-corrected chi connectivity index (χ1v) is 6.80. The number of ether oxygens (including phenoxy) is 2. The van der Waals surface area contributed by atoms with Gasteiger partial charge in [0.25, 0.3) is 0 Å². The lowest BCUT2D eigenvalue weighted by Gasteiger charge is -2.19. The molecule has 23 heavy (non-hydrogen) atoms. The van der Waals surface area contributed by atoms with E-state index in [2.05, 4.69) is 5.32 Å². The molecule has 0 aromatic heterocycles. The summed E-state index contributed by atoms with van der Waals surface area (Å²) in [6.07, 6.45) is -0.610. The fraction of sp³-hybridized carbons (Fsp3) is 0.400. The predicted molar refractivity (Wildman–Crippen MR) is 80.1 cm³/mol. The van der Waals surface area contributed by atoms with E-state index in [9.17, 15) is 14.4 Å². The van der Waals surface area contributed by atoms with E-state index < -0.39 is 23.6 Å². The quantitative estimate of drug-likeness (QED) is 0.683. The summed E-state index contributed by atoms with van der Waals surface area (Å²) in [4.78, 5) is 33.4. The van der Waals surface area contributed by atoms with Crippen LogP contribution in [0.15, 0.2) is 18.2 Å². The second-order valence-electron chi connectivity index (χ2n) is 5.60. The summed E-state index contributed by atoms with van der Waals surface area (Å²) in [7, 11) is 0. The number of benzene rings is 1. The van der Waals surface area contributed by atoms with Gasteiger partial charge in [0.2, 0.25) is 0 Å². The number of carboxylic acid groups (broad SMARTS) is 2.